The highest BCUT2D eigenvalue weighted by Crippen LogP contribution is 2.34. The predicted octanol–water partition coefficient (Wildman–Crippen LogP) is 2.92. The van der Waals surface area contributed by atoms with Gasteiger partial charge in [-0.2, -0.15) is 4.31 Å². The number of rotatable bonds is 5. The van der Waals surface area contributed by atoms with Crippen molar-refractivity contribution in [1.29, 1.82) is 0 Å². The van der Waals surface area contributed by atoms with Gasteiger partial charge in [0, 0.05) is 19.2 Å². The van der Waals surface area contributed by atoms with Gasteiger partial charge in [-0.15, -0.1) is 0 Å². The molecule has 2 rings (SSSR count). The molecule has 0 saturated carbocycles. The van der Waals surface area contributed by atoms with Crippen LogP contribution in [0.5, 0.6) is 0 Å². The van der Waals surface area contributed by atoms with Crippen molar-refractivity contribution in [3.05, 3.63) is 28.2 Å². The molecule has 1 atom stereocenters. The molecule has 1 fully saturated rings. The van der Waals surface area contributed by atoms with Gasteiger partial charge in [-0.1, -0.05) is 29.3 Å². The Bertz CT molecular complexity index is 577. The molecular formula is C13H17Cl2NO3S. The number of benzene rings is 1. The summed E-state index contributed by atoms with van der Waals surface area (Å²) >= 11 is 11.9. The van der Waals surface area contributed by atoms with Gasteiger partial charge in [-0.3, -0.25) is 0 Å². The Labute approximate surface area is 129 Å². The third-order valence-electron chi connectivity index (χ3n) is 3.52. The second-order valence-corrected chi connectivity index (χ2v) is 7.47. The summed E-state index contributed by atoms with van der Waals surface area (Å²) in [5.41, 5.74) is 0. The van der Waals surface area contributed by atoms with Gasteiger partial charge in [0.15, 0.2) is 0 Å². The van der Waals surface area contributed by atoms with E-state index in [1.165, 1.54) is 10.4 Å². The Morgan fingerprint density at radius 3 is 2.80 bits per heavy atom. The maximum absolute atomic E-state index is 12.7. The van der Waals surface area contributed by atoms with Crippen molar-refractivity contribution in [1.82, 2.24) is 4.31 Å². The van der Waals surface area contributed by atoms with E-state index in [1.54, 1.807) is 12.1 Å². The maximum Gasteiger partial charge on any atom is 0.244 e. The molecule has 1 aliphatic rings. The fourth-order valence-electron chi connectivity index (χ4n) is 2.55. The Hall–Kier alpha value is -0.330. The third-order valence-corrected chi connectivity index (χ3v) is 6.45. The van der Waals surface area contributed by atoms with Gasteiger partial charge in [0.05, 0.1) is 10.0 Å². The third kappa shape index (κ3) is 3.12. The number of aliphatic hydroxyl groups is 1. The highest BCUT2D eigenvalue weighted by atomic mass is 35.5. The summed E-state index contributed by atoms with van der Waals surface area (Å²) in [4.78, 5) is 0.0579. The molecule has 1 aliphatic heterocycles. The van der Waals surface area contributed by atoms with Gasteiger partial charge in [0.1, 0.15) is 4.90 Å². The van der Waals surface area contributed by atoms with Gasteiger partial charge < -0.3 is 5.11 Å². The minimum atomic E-state index is -3.64. The molecule has 1 aromatic rings. The van der Waals surface area contributed by atoms with Crippen LogP contribution in [0, 0.1) is 0 Å². The Morgan fingerprint density at radius 2 is 2.10 bits per heavy atom. The average molecular weight is 338 g/mol. The normalized spacial score (nSPS) is 20.4. The number of hydrogen-bond acceptors (Lipinski definition) is 3. The quantitative estimate of drug-likeness (QED) is 0.898. The number of aliphatic hydroxyl groups excluding tert-OH is 1. The first-order valence-electron chi connectivity index (χ1n) is 6.55. The summed E-state index contributed by atoms with van der Waals surface area (Å²) in [5, 5.41) is 9.21. The topological polar surface area (TPSA) is 57.6 Å². The summed E-state index contributed by atoms with van der Waals surface area (Å²) in [5.74, 6) is 0. The van der Waals surface area contributed by atoms with Crippen molar-refractivity contribution >= 4 is 33.2 Å². The summed E-state index contributed by atoms with van der Waals surface area (Å²) in [7, 11) is -3.64. The van der Waals surface area contributed by atoms with Crippen molar-refractivity contribution in [3.8, 4) is 0 Å². The maximum atomic E-state index is 12.7. The van der Waals surface area contributed by atoms with Gasteiger partial charge >= 0.3 is 0 Å². The minimum absolute atomic E-state index is 0.0579. The summed E-state index contributed by atoms with van der Waals surface area (Å²) < 4.78 is 26.9. The zero-order valence-electron chi connectivity index (χ0n) is 10.9. The van der Waals surface area contributed by atoms with E-state index in [-0.39, 0.29) is 27.6 Å². The van der Waals surface area contributed by atoms with E-state index < -0.39 is 10.0 Å². The van der Waals surface area contributed by atoms with Crippen LogP contribution in [-0.4, -0.2) is 37.0 Å². The lowest BCUT2D eigenvalue weighted by molar-refractivity contribution is 0.264. The molecule has 1 N–H and O–H groups in total. The van der Waals surface area contributed by atoms with Gasteiger partial charge in [-0.05, 0) is 37.8 Å². The molecule has 112 valence electrons. The molecule has 0 radical (unpaired) electrons. The highest BCUT2D eigenvalue weighted by molar-refractivity contribution is 7.89. The molecule has 4 nitrogen and oxygen atoms in total. The first-order chi connectivity index (χ1) is 9.48. The van der Waals surface area contributed by atoms with Crippen LogP contribution < -0.4 is 0 Å². The van der Waals surface area contributed by atoms with Crippen molar-refractivity contribution < 1.29 is 13.5 Å². The summed E-state index contributed by atoms with van der Waals surface area (Å²) in [6.07, 6.45) is 2.90. The Kier molecular flexibility index (Phi) is 5.31. The zero-order chi connectivity index (χ0) is 14.8. The zero-order valence-corrected chi connectivity index (χ0v) is 13.3. The van der Waals surface area contributed by atoms with Crippen LogP contribution in [0.1, 0.15) is 25.7 Å². The van der Waals surface area contributed by atoms with Crippen molar-refractivity contribution in [2.45, 2.75) is 36.6 Å². The molecule has 7 heteroatoms. The molecule has 0 spiro atoms. The van der Waals surface area contributed by atoms with E-state index in [9.17, 15) is 8.42 Å². The molecule has 1 saturated heterocycles. The fraction of sp³-hybridized carbons (Fsp3) is 0.538. The molecule has 0 bridgehead atoms. The molecule has 0 aliphatic carbocycles. The monoisotopic (exact) mass is 337 g/mol. The number of hydrogen-bond donors (Lipinski definition) is 1. The minimum Gasteiger partial charge on any atom is -0.396 e. The largest absolute Gasteiger partial charge is 0.396 e. The van der Waals surface area contributed by atoms with Crippen LogP contribution >= 0.6 is 23.2 Å². The standard InChI is InChI=1S/C13H17Cl2NO3S/c14-11-6-1-7-12(13(11)15)20(18,19)16-8-2-4-10(16)5-3-9-17/h1,6-7,10,17H,2-5,8-9H2. The Balaban J connectivity index is 2.32. The van der Waals surface area contributed by atoms with Crippen molar-refractivity contribution in [2.24, 2.45) is 0 Å². The average Bonchev–Trinajstić information content (AvgIpc) is 2.88. The van der Waals surface area contributed by atoms with Gasteiger partial charge in [0.2, 0.25) is 10.0 Å². The number of sulfonamides is 1. The van der Waals surface area contributed by atoms with E-state index in [0.717, 1.165) is 12.8 Å². The first-order valence-corrected chi connectivity index (χ1v) is 8.75. The lowest BCUT2D eigenvalue weighted by Gasteiger charge is -2.24. The summed E-state index contributed by atoms with van der Waals surface area (Å²) in [6, 6.07) is 4.56. The second kappa shape index (κ2) is 6.62. The second-order valence-electron chi connectivity index (χ2n) is 4.83. The number of nitrogens with zero attached hydrogens (tertiary/aromatic N) is 1. The molecule has 20 heavy (non-hydrogen) atoms. The predicted molar refractivity (Wildman–Crippen MR) is 79.7 cm³/mol. The molecule has 0 amide bonds. The SMILES string of the molecule is O=S(=O)(c1cccc(Cl)c1Cl)N1CCCC1CCCO. The number of halogens is 2. The lowest BCUT2D eigenvalue weighted by Crippen LogP contribution is -2.35. The molecule has 1 aromatic carbocycles. The van der Waals surface area contributed by atoms with Crippen molar-refractivity contribution in [2.75, 3.05) is 13.2 Å². The van der Waals surface area contributed by atoms with Crippen LogP contribution in [0.15, 0.2) is 23.1 Å². The Morgan fingerprint density at radius 1 is 1.35 bits per heavy atom. The molecule has 1 heterocycles. The van der Waals surface area contributed by atoms with Crippen LogP contribution in [0.4, 0.5) is 0 Å². The van der Waals surface area contributed by atoms with E-state index >= 15 is 0 Å². The molecular weight excluding hydrogens is 321 g/mol. The van der Waals surface area contributed by atoms with Crippen molar-refractivity contribution in [3.63, 3.8) is 0 Å². The van der Waals surface area contributed by atoms with Gasteiger partial charge in [-0.25, -0.2) is 8.42 Å². The van der Waals surface area contributed by atoms with Gasteiger partial charge in [0.25, 0.3) is 0 Å². The lowest BCUT2D eigenvalue weighted by atomic mass is 10.1. The van der Waals surface area contributed by atoms with E-state index in [0.29, 0.717) is 19.4 Å². The van der Waals surface area contributed by atoms with Crippen LogP contribution in [0.25, 0.3) is 0 Å². The highest BCUT2D eigenvalue weighted by Gasteiger charge is 2.36. The van der Waals surface area contributed by atoms with E-state index in [2.05, 4.69) is 0 Å². The molecule has 1 unspecified atom stereocenters. The smallest absolute Gasteiger partial charge is 0.244 e. The van der Waals surface area contributed by atoms with Crippen LogP contribution in [0.3, 0.4) is 0 Å². The van der Waals surface area contributed by atoms with E-state index in [4.69, 9.17) is 28.3 Å². The van der Waals surface area contributed by atoms with Crippen LogP contribution in [0.2, 0.25) is 10.0 Å². The fourth-order valence-corrected chi connectivity index (χ4v) is 5.01. The van der Waals surface area contributed by atoms with E-state index in [1.807, 2.05) is 0 Å². The molecule has 0 aromatic heterocycles. The summed E-state index contributed by atoms with van der Waals surface area (Å²) in [6.45, 7) is 0.559. The van der Waals surface area contributed by atoms with Crippen LogP contribution in [-0.2, 0) is 10.0 Å². The first kappa shape index (κ1) is 16.0.